The summed E-state index contributed by atoms with van der Waals surface area (Å²) >= 11 is 0. The summed E-state index contributed by atoms with van der Waals surface area (Å²) in [5, 5.41) is 30.3. The number of anilines is 1. The Balaban J connectivity index is 1.62. The van der Waals surface area contributed by atoms with Crippen LogP contribution in [0.25, 0.3) is 10.8 Å². The lowest BCUT2D eigenvalue weighted by Gasteiger charge is -2.21. The third-order valence-corrected chi connectivity index (χ3v) is 5.79. The Hall–Kier alpha value is -4.46. The minimum absolute atomic E-state index is 0.0158. The van der Waals surface area contributed by atoms with E-state index in [9.17, 15) is 10.1 Å². The Kier molecular flexibility index (Phi) is 7.21. The first kappa shape index (κ1) is 23.7. The molecule has 0 aliphatic rings. The maximum atomic E-state index is 10.8. The van der Waals surface area contributed by atoms with E-state index in [1.54, 1.807) is 12.1 Å². The third-order valence-electron chi connectivity index (χ3n) is 5.79. The van der Waals surface area contributed by atoms with Crippen molar-refractivity contribution in [3.8, 4) is 0 Å². The average molecular weight is 467 g/mol. The van der Waals surface area contributed by atoms with Gasteiger partial charge >= 0.3 is 0 Å². The first-order valence-electron chi connectivity index (χ1n) is 11.5. The predicted molar refractivity (Wildman–Crippen MR) is 140 cm³/mol. The van der Waals surface area contributed by atoms with Gasteiger partial charge in [0.05, 0.1) is 27.7 Å². The van der Waals surface area contributed by atoms with E-state index in [4.69, 9.17) is 0 Å². The zero-order chi connectivity index (χ0) is 24.8. The average Bonchev–Trinajstić information content (AvgIpc) is 2.88. The predicted octanol–water partition coefficient (Wildman–Crippen LogP) is 8.73. The second-order valence-corrected chi connectivity index (χ2v) is 7.97. The van der Waals surface area contributed by atoms with Crippen molar-refractivity contribution in [2.75, 3.05) is 18.0 Å². The summed E-state index contributed by atoms with van der Waals surface area (Å²) in [5.41, 5.74) is 5.04. The Morgan fingerprint density at radius 3 is 1.83 bits per heavy atom. The van der Waals surface area contributed by atoms with Crippen LogP contribution in [0.4, 0.5) is 34.1 Å². The summed E-state index contributed by atoms with van der Waals surface area (Å²) in [4.78, 5) is 12.7. The second kappa shape index (κ2) is 10.6. The lowest BCUT2D eigenvalue weighted by molar-refractivity contribution is -0.384. The summed E-state index contributed by atoms with van der Waals surface area (Å²) in [6.07, 6.45) is 0. The molecule has 0 bridgehead atoms. The molecule has 0 radical (unpaired) electrons. The number of fused-ring (bicyclic) bond motifs is 1. The summed E-state index contributed by atoms with van der Waals surface area (Å²) < 4.78 is 0. The number of hydrogen-bond acceptors (Lipinski definition) is 7. The number of hydrogen-bond donors (Lipinski definition) is 0. The lowest BCUT2D eigenvalue weighted by atomic mass is 10.1. The normalized spacial score (nSPS) is 11.5. The molecular weight excluding hydrogens is 440 g/mol. The molecule has 0 aromatic heterocycles. The van der Waals surface area contributed by atoms with Gasteiger partial charge in [-0.2, -0.15) is 10.2 Å². The van der Waals surface area contributed by atoms with E-state index >= 15 is 0 Å². The number of nitro groups is 1. The van der Waals surface area contributed by atoms with Crippen LogP contribution in [-0.2, 0) is 0 Å². The second-order valence-electron chi connectivity index (χ2n) is 7.97. The fourth-order valence-electron chi connectivity index (χ4n) is 3.84. The monoisotopic (exact) mass is 466 g/mol. The molecule has 4 rings (SSSR count). The molecule has 0 fully saturated rings. The van der Waals surface area contributed by atoms with Crippen LogP contribution in [-0.4, -0.2) is 18.0 Å². The minimum atomic E-state index is -0.442. The van der Waals surface area contributed by atoms with Gasteiger partial charge in [-0.05, 0) is 68.8 Å². The van der Waals surface area contributed by atoms with E-state index in [1.165, 1.54) is 17.8 Å². The highest BCUT2D eigenvalue weighted by Crippen LogP contribution is 2.36. The molecule has 0 N–H and O–H groups in total. The van der Waals surface area contributed by atoms with Crippen LogP contribution in [0.5, 0.6) is 0 Å². The molecular formula is C27H26N6O2. The summed E-state index contributed by atoms with van der Waals surface area (Å²) in [5.74, 6) is 0. The molecule has 0 unspecified atom stereocenters. The van der Waals surface area contributed by atoms with Crippen LogP contribution in [0.1, 0.15) is 19.4 Å². The van der Waals surface area contributed by atoms with Crippen molar-refractivity contribution >= 4 is 44.9 Å². The van der Waals surface area contributed by atoms with Gasteiger partial charge in [0.25, 0.3) is 5.69 Å². The minimum Gasteiger partial charge on any atom is -0.372 e. The maximum Gasteiger partial charge on any atom is 0.269 e. The molecule has 8 nitrogen and oxygen atoms in total. The highest BCUT2D eigenvalue weighted by atomic mass is 16.6. The molecule has 0 saturated heterocycles. The largest absolute Gasteiger partial charge is 0.372 e. The van der Waals surface area contributed by atoms with Gasteiger partial charge < -0.3 is 4.90 Å². The molecule has 4 aromatic rings. The number of benzene rings is 4. The van der Waals surface area contributed by atoms with Crippen molar-refractivity contribution < 1.29 is 4.92 Å². The molecule has 176 valence electrons. The van der Waals surface area contributed by atoms with E-state index in [-0.39, 0.29) is 5.69 Å². The number of aryl methyl sites for hydroxylation is 1. The number of nitrogens with zero attached hydrogens (tertiary/aromatic N) is 6. The highest BCUT2D eigenvalue weighted by Gasteiger charge is 2.08. The first-order valence-corrected chi connectivity index (χ1v) is 11.5. The van der Waals surface area contributed by atoms with Crippen LogP contribution in [0.2, 0.25) is 0 Å². The van der Waals surface area contributed by atoms with Crippen molar-refractivity contribution in [1.29, 1.82) is 0 Å². The van der Waals surface area contributed by atoms with E-state index in [2.05, 4.69) is 51.3 Å². The molecule has 35 heavy (non-hydrogen) atoms. The van der Waals surface area contributed by atoms with Gasteiger partial charge in [-0.15, -0.1) is 10.2 Å². The van der Waals surface area contributed by atoms with Gasteiger partial charge in [0.1, 0.15) is 0 Å². The molecule has 0 spiro atoms. The van der Waals surface area contributed by atoms with Crippen LogP contribution < -0.4 is 4.90 Å². The molecule has 0 aliphatic heterocycles. The summed E-state index contributed by atoms with van der Waals surface area (Å²) in [7, 11) is 0. The fourth-order valence-corrected chi connectivity index (χ4v) is 3.84. The zero-order valence-corrected chi connectivity index (χ0v) is 19.9. The maximum absolute atomic E-state index is 10.8. The molecule has 0 heterocycles. The number of rotatable bonds is 8. The standard InChI is InChI=1S/C27H26N6O2/c1-4-32(5-2)22-14-15-25(19(3)18-22)29-31-27-17-16-26(23-8-6-7-9-24(23)27)30-28-20-10-12-21(13-11-20)33(34)35/h6-18H,4-5H2,1-3H3. The Morgan fingerprint density at radius 1 is 0.743 bits per heavy atom. The van der Waals surface area contributed by atoms with Crippen LogP contribution >= 0.6 is 0 Å². The van der Waals surface area contributed by atoms with Crippen LogP contribution in [0.3, 0.4) is 0 Å². The Bertz CT molecular complexity index is 1410. The van der Waals surface area contributed by atoms with Gasteiger partial charge in [0, 0.05) is 41.7 Å². The zero-order valence-electron chi connectivity index (χ0n) is 19.9. The highest BCUT2D eigenvalue weighted by molar-refractivity contribution is 5.99. The molecule has 0 amide bonds. The van der Waals surface area contributed by atoms with Gasteiger partial charge in [0.2, 0.25) is 0 Å². The molecule has 4 aromatic carbocycles. The number of azo groups is 2. The van der Waals surface area contributed by atoms with Gasteiger partial charge in [0.15, 0.2) is 0 Å². The molecule has 0 saturated carbocycles. The topological polar surface area (TPSA) is 95.8 Å². The van der Waals surface area contributed by atoms with E-state index < -0.39 is 4.92 Å². The number of nitro benzene ring substituents is 1. The quantitative estimate of drug-likeness (QED) is 0.147. The van der Waals surface area contributed by atoms with E-state index in [0.717, 1.165) is 40.8 Å². The Labute approximate surface area is 203 Å². The van der Waals surface area contributed by atoms with Crippen LogP contribution in [0, 0.1) is 17.0 Å². The number of non-ortho nitro benzene ring substituents is 1. The summed E-state index contributed by atoms with van der Waals surface area (Å²) in [6.45, 7) is 8.24. The van der Waals surface area contributed by atoms with Gasteiger partial charge in [-0.1, -0.05) is 24.3 Å². The Morgan fingerprint density at radius 2 is 1.29 bits per heavy atom. The molecule has 0 atom stereocenters. The first-order chi connectivity index (χ1) is 17.0. The third kappa shape index (κ3) is 5.38. The van der Waals surface area contributed by atoms with Crippen molar-refractivity contribution in [2.45, 2.75) is 20.8 Å². The van der Waals surface area contributed by atoms with Crippen molar-refractivity contribution in [3.05, 3.63) is 94.5 Å². The SMILES string of the molecule is CCN(CC)c1ccc(N=Nc2ccc(N=Nc3ccc([N+](=O)[O-])cc3)c3ccccc23)c(C)c1. The van der Waals surface area contributed by atoms with E-state index in [0.29, 0.717) is 11.4 Å². The molecule has 0 aliphatic carbocycles. The fraction of sp³-hybridized carbons (Fsp3) is 0.185. The van der Waals surface area contributed by atoms with Gasteiger partial charge in [-0.25, -0.2) is 0 Å². The smallest absolute Gasteiger partial charge is 0.269 e. The lowest BCUT2D eigenvalue weighted by Crippen LogP contribution is -2.21. The van der Waals surface area contributed by atoms with Crippen LogP contribution in [0.15, 0.2) is 99.3 Å². The van der Waals surface area contributed by atoms with E-state index in [1.807, 2.05) is 49.4 Å². The van der Waals surface area contributed by atoms with Crippen molar-refractivity contribution in [1.82, 2.24) is 0 Å². The van der Waals surface area contributed by atoms with Gasteiger partial charge in [-0.3, -0.25) is 10.1 Å². The van der Waals surface area contributed by atoms with Crippen molar-refractivity contribution in [3.63, 3.8) is 0 Å². The molecule has 8 heteroatoms. The summed E-state index contributed by atoms with van der Waals surface area (Å²) in [6, 6.07) is 23.7. The van der Waals surface area contributed by atoms with Crippen molar-refractivity contribution in [2.24, 2.45) is 20.5 Å².